The Morgan fingerprint density at radius 1 is 0.875 bits per heavy atom. The highest BCUT2D eigenvalue weighted by molar-refractivity contribution is 7.80. The van der Waals surface area contributed by atoms with E-state index in [2.05, 4.69) is 6.92 Å². The molecule has 0 aromatic carbocycles. The maximum atomic E-state index is 5.38. The first kappa shape index (κ1) is 16.2. The SMILES string of the molecule is CCCCCCC(=S)CCCCCCC=S. The van der Waals surface area contributed by atoms with Crippen LogP contribution in [-0.2, 0) is 0 Å². The lowest BCUT2D eigenvalue weighted by atomic mass is 10.1. The molecule has 0 aliphatic rings. The standard InChI is InChI=1S/C14H26S2/c1-2-3-4-8-11-14(16)12-9-6-5-7-10-13-15/h13H,2-12H2,1H3. The lowest BCUT2D eigenvalue weighted by Crippen LogP contribution is -1.94. The quantitative estimate of drug-likeness (QED) is 0.327. The monoisotopic (exact) mass is 258 g/mol. The highest BCUT2D eigenvalue weighted by Crippen LogP contribution is 2.10. The van der Waals surface area contributed by atoms with Gasteiger partial charge in [0.15, 0.2) is 0 Å². The van der Waals surface area contributed by atoms with E-state index in [1.807, 2.05) is 5.37 Å². The number of hydrogen-bond acceptors (Lipinski definition) is 2. The van der Waals surface area contributed by atoms with Crippen molar-refractivity contribution in [3.05, 3.63) is 0 Å². The first-order chi connectivity index (χ1) is 7.81. The van der Waals surface area contributed by atoms with E-state index in [4.69, 9.17) is 24.4 Å². The van der Waals surface area contributed by atoms with Gasteiger partial charge in [-0.1, -0.05) is 63.5 Å². The minimum Gasteiger partial charge on any atom is -0.0935 e. The van der Waals surface area contributed by atoms with Crippen LogP contribution in [0.15, 0.2) is 0 Å². The van der Waals surface area contributed by atoms with Crippen molar-refractivity contribution >= 4 is 34.7 Å². The van der Waals surface area contributed by atoms with Crippen molar-refractivity contribution in [1.29, 1.82) is 0 Å². The lowest BCUT2D eigenvalue weighted by Gasteiger charge is -2.03. The van der Waals surface area contributed by atoms with Crippen LogP contribution in [0.4, 0.5) is 0 Å². The molecule has 0 aliphatic heterocycles. The summed E-state index contributed by atoms with van der Waals surface area (Å²) in [6.07, 6.45) is 13.9. The van der Waals surface area contributed by atoms with Gasteiger partial charge in [-0.25, -0.2) is 0 Å². The molecule has 0 atom stereocenters. The summed E-state index contributed by atoms with van der Waals surface area (Å²) in [6, 6.07) is 0. The van der Waals surface area contributed by atoms with Gasteiger partial charge in [-0.3, -0.25) is 0 Å². The van der Waals surface area contributed by atoms with Gasteiger partial charge in [-0.15, -0.1) is 0 Å². The largest absolute Gasteiger partial charge is 0.0935 e. The first-order valence-corrected chi connectivity index (χ1v) is 7.64. The van der Waals surface area contributed by atoms with Crippen molar-refractivity contribution in [1.82, 2.24) is 0 Å². The molecule has 2 heteroatoms. The Hall–Kier alpha value is 0.180. The highest BCUT2D eigenvalue weighted by Gasteiger charge is 1.97. The zero-order valence-electron chi connectivity index (χ0n) is 10.7. The number of unbranched alkanes of at least 4 members (excludes halogenated alkanes) is 7. The molecule has 0 rings (SSSR count). The molecular formula is C14H26S2. The third-order valence-corrected chi connectivity index (χ3v) is 3.48. The van der Waals surface area contributed by atoms with Crippen molar-refractivity contribution in [2.24, 2.45) is 0 Å². The molecule has 0 amide bonds. The third kappa shape index (κ3) is 12.3. The Bertz CT molecular complexity index is 176. The summed E-state index contributed by atoms with van der Waals surface area (Å²) in [5.41, 5.74) is 0. The van der Waals surface area contributed by atoms with E-state index in [9.17, 15) is 0 Å². The van der Waals surface area contributed by atoms with Crippen LogP contribution in [0.25, 0.3) is 0 Å². The van der Waals surface area contributed by atoms with Gasteiger partial charge >= 0.3 is 0 Å². The van der Waals surface area contributed by atoms with Crippen LogP contribution in [0.1, 0.15) is 77.6 Å². The van der Waals surface area contributed by atoms with Crippen LogP contribution in [-0.4, -0.2) is 10.2 Å². The summed E-state index contributed by atoms with van der Waals surface area (Å²) < 4.78 is 0. The van der Waals surface area contributed by atoms with Crippen molar-refractivity contribution < 1.29 is 0 Å². The van der Waals surface area contributed by atoms with Gasteiger partial charge in [-0.05, 0) is 48.8 Å². The van der Waals surface area contributed by atoms with E-state index >= 15 is 0 Å². The Labute approximate surface area is 112 Å². The maximum Gasteiger partial charge on any atom is -0.00715 e. The summed E-state index contributed by atoms with van der Waals surface area (Å²) in [4.78, 5) is 1.30. The van der Waals surface area contributed by atoms with E-state index in [1.54, 1.807) is 0 Å². The fourth-order valence-corrected chi connectivity index (χ4v) is 2.23. The Kier molecular flexibility index (Phi) is 13.4. The second-order valence-corrected chi connectivity index (χ2v) is 5.38. The fraction of sp³-hybridized carbons (Fsp3) is 0.857. The summed E-state index contributed by atoms with van der Waals surface area (Å²) in [5, 5.41) is 1.85. The van der Waals surface area contributed by atoms with Crippen molar-refractivity contribution in [2.75, 3.05) is 0 Å². The highest BCUT2D eigenvalue weighted by atomic mass is 32.1. The molecule has 0 unspecified atom stereocenters. The molecule has 0 heterocycles. The predicted octanol–water partition coefficient (Wildman–Crippen LogP) is 5.67. The molecule has 0 radical (unpaired) electrons. The van der Waals surface area contributed by atoms with Gasteiger partial charge in [-0.2, -0.15) is 0 Å². The average Bonchev–Trinajstić information content (AvgIpc) is 2.29. The van der Waals surface area contributed by atoms with Gasteiger partial charge in [0, 0.05) is 0 Å². The van der Waals surface area contributed by atoms with Gasteiger partial charge in [0.25, 0.3) is 0 Å². The van der Waals surface area contributed by atoms with E-state index in [1.165, 1.54) is 69.1 Å². The summed E-state index contributed by atoms with van der Waals surface area (Å²) >= 11 is 10.2. The zero-order chi connectivity index (χ0) is 12.1. The van der Waals surface area contributed by atoms with Crippen LogP contribution in [0.2, 0.25) is 0 Å². The minimum absolute atomic E-state index is 1.09. The first-order valence-electron chi connectivity index (χ1n) is 6.76. The molecule has 0 saturated carbocycles. The van der Waals surface area contributed by atoms with Gasteiger partial charge in [0.05, 0.1) is 0 Å². The van der Waals surface area contributed by atoms with Crippen molar-refractivity contribution in [2.45, 2.75) is 77.6 Å². The maximum absolute atomic E-state index is 5.38. The van der Waals surface area contributed by atoms with Crippen LogP contribution < -0.4 is 0 Å². The van der Waals surface area contributed by atoms with E-state index in [-0.39, 0.29) is 0 Å². The summed E-state index contributed by atoms with van der Waals surface area (Å²) in [7, 11) is 0. The second kappa shape index (κ2) is 13.2. The Morgan fingerprint density at radius 2 is 1.44 bits per heavy atom. The third-order valence-electron chi connectivity index (χ3n) is 2.84. The summed E-state index contributed by atoms with van der Waals surface area (Å²) in [5.74, 6) is 0. The molecule has 0 N–H and O–H groups in total. The van der Waals surface area contributed by atoms with Crippen LogP contribution >= 0.6 is 24.4 Å². The molecule has 0 aromatic heterocycles. The van der Waals surface area contributed by atoms with Crippen LogP contribution in [0, 0.1) is 0 Å². The number of hydrogen-bond donors (Lipinski definition) is 0. The topological polar surface area (TPSA) is 0 Å². The average molecular weight is 258 g/mol. The molecule has 0 aliphatic carbocycles. The molecule has 0 saturated heterocycles. The van der Waals surface area contributed by atoms with Gasteiger partial charge in [0.1, 0.15) is 0 Å². The molecule has 0 fully saturated rings. The molecule has 94 valence electrons. The van der Waals surface area contributed by atoms with E-state index in [0.29, 0.717) is 0 Å². The molecule has 0 bridgehead atoms. The van der Waals surface area contributed by atoms with Crippen molar-refractivity contribution in [3.63, 3.8) is 0 Å². The molecular weight excluding hydrogens is 232 g/mol. The minimum atomic E-state index is 1.09. The number of thiocarbonyl (C=S) groups is 2. The molecule has 0 nitrogen and oxygen atoms in total. The van der Waals surface area contributed by atoms with Gasteiger partial charge < -0.3 is 0 Å². The van der Waals surface area contributed by atoms with Crippen LogP contribution in [0.3, 0.4) is 0 Å². The molecule has 16 heavy (non-hydrogen) atoms. The Morgan fingerprint density at radius 3 is 2.00 bits per heavy atom. The fourth-order valence-electron chi connectivity index (χ4n) is 1.78. The second-order valence-electron chi connectivity index (χ2n) is 4.47. The van der Waals surface area contributed by atoms with Gasteiger partial charge in [0.2, 0.25) is 0 Å². The zero-order valence-corrected chi connectivity index (χ0v) is 12.3. The van der Waals surface area contributed by atoms with Crippen molar-refractivity contribution in [3.8, 4) is 0 Å². The lowest BCUT2D eigenvalue weighted by molar-refractivity contribution is 0.658. The summed E-state index contributed by atoms with van der Waals surface area (Å²) in [6.45, 7) is 2.25. The Balaban J connectivity index is 3.14. The smallest absolute Gasteiger partial charge is 0.00715 e. The van der Waals surface area contributed by atoms with E-state index in [0.717, 1.165) is 6.42 Å². The molecule has 0 aromatic rings. The number of rotatable bonds is 12. The predicted molar refractivity (Wildman–Crippen MR) is 82.7 cm³/mol. The molecule has 0 spiro atoms. The van der Waals surface area contributed by atoms with Crippen LogP contribution in [0.5, 0.6) is 0 Å². The normalized spacial score (nSPS) is 10.3. The van der Waals surface area contributed by atoms with E-state index < -0.39 is 0 Å².